The standard InChI is InChI=1S/C28H40N2O6S2/c1-9-19-17(7)37-25(23(19)27(33)35-15(3)4)29-21(31)13-11-12-14-22(32)30-26-24(28(34)36-16(5)6)20(10-2)18(8)38-26/h15-16H,9-14H2,1-8H3,(H,29,31)(H,30,32). The molecule has 2 N–H and O–H groups in total. The molecule has 0 radical (unpaired) electrons. The molecule has 0 saturated heterocycles. The highest BCUT2D eigenvalue weighted by atomic mass is 32.1. The van der Waals surface area contributed by atoms with E-state index in [0.717, 1.165) is 20.9 Å². The summed E-state index contributed by atoms with van der Waals surface area (Å²) in [5.74, 6) is -1.29. The maximum absolute atomic E-state index is 12.7. The summed E-state index contributed by atoms with van der Waals surface area (Å²) in [5, 5.41) is 6.75. The summed E-state index contributed by atoms with van der Waals surface area (Å²) in [6.45, 7) is 14.9. The molecule has 2 rings (SSSR count). The Kier molecular flexibility index (Phi) is 12.0. The van der Waals surface area contributed by atoms with E-state index in [-0.39, 0.29) is 36.9 Å². The van der Waals surface area contributed by atoms with E-state index in [1.807, 2.05) is 27.7 Å². The smallest absolute Gasteiger partial charge is 0.341 e. The number of nitrogens with one attached hydrogen (secondary N) is 2. The zero-order chi connectivity index (χ0) is 28.6. The van der Waals surface area contributed by atoms with E-state index < -0.39 is 11.9 Å². The van der Waals surface area contributed by atoms with E-state index in [9.17, 15) is 19.2 Å². The van der Waals surface area contributed by atoms with E-state index in [2.05, 4.69) is 10.6 Å². The Labute approximate surface area is 233 Å². The number of ether oxygens (including phenoxy) is 2. The first-order valence-corrected chi connectivity index (χ1v) is 14.8. The number of anilines is 2. The molecule has 0 atom stereocenters. The van der Waals surface area contributed by atoms with Crippen LogP contribution < -0.4 is 10.6 Å². The minimum Gasteiger partial charge on any atom is -0.459 e. The first-order chi connectivity index (χ1) is 17.9. The minimum atomic E-state index is -0.431. The van der Waals surface area contributed by atoms with Crippen molar-refractivity contribution in [2.45, 2.75) is 106 Å². The van der Waals surface area contributed by atoms with Crippen molar-refractivity contribution in [3.8, 4) is 0 Å². The van der Waals surface area contributed by atoms with E-state index in [4.69, 9.17) is 9.47 Å². The van der Waals surface area contributed by atoms with Gasteiger partial charge in [-0.2, -0.15) is 0 Å². The lowest BCUT2D eigenvalue weighted by molar-refractivity contribution is -0.118. The summed E-state index contributed by atoms with van der Waals surface area (Å²) in [4.78, 5) is 52.5. The van der Waals surface area contributed by atoms with Crippen LogP contribution in [0.25, 0.3) is 0 Å². The lowest BCUT2D eigenvalue weighted by atomic mass is 10.1. The highest BCUT2D eigenvalue weighted by Gasteiger charge is 2.25. The lowest BCUT2D eigenvalue weighted by Gasteiger charge is -2.11. The van der Waals surface area contributed by atoms with Crippen LogP contribution in [-0.2, 0) is 31.9 Å². The molecule has 2 aromatic rings. The van der Waals surface area contributed by atoms with Crippen molar-refractivity contribution in [1.82, 2.24) is 0 Å². The highest BCUT2D eigenvalue weighted by Crippen LogP contribution is 2.35. The third-order valence-corrected chi connectivity index (χ3v) is 7.91. The van der Waals surface area contributed by atoms with Crippen LogP contribution in [0.15, 0.2) is 0 Å². The van der Waals surface area contributed by atoms with Gasteiger partial charge in [0.25, 0.3) is 0 Å². The molecule has 2 heterocycles. The molecule has 0 aliphatic rings. The van der Waals surface area contributed by atoms with E-state index >= 15 is 0 Å². The summed E-state index contributed by atoms with van der Waals surface area (Å²) in [6.07, 6.45) is 2.25. The summed E-state index contributed by atoms with van der Waals surface area (Å²) in [7, 11) is 0. The predicted octanol–water partition coefficient (Wildman–Crippen LogP) is 6.82. The molecule has 10 heteroatoms. The number of thiophene rings is 2. The average Bonchev–Trinajstić information content (AvgIpc) is 3.30. The van der Waals surface area contributed by atoms with Crippen LogP contribution in [0.1, 0.15) is 109 Å². The fourth-order valence-corrected chi connectivity index (χ4v) is 6.41. The van der Waals surface area contributed by atoms with Gasteiger partial charge >= 0.3 is 11.9 Å². The Balaban J connectivity index is 1.95. The van der Waals surface area contributed by atoms with Gasteiger partial charge in [-0.25, -0.2) is 9.59 Å². The second kappa shape index (κ2) is 14.4. The fourth-order valence-electron chi connectivity index (χ4n) is 4.11. The Hall–Kier alpha value is -2.72. The van der Waals surface area contributed by atoms with Crippen molar-refractivity contribution >= 4 is 56.4 Å². The van der Waals surface area contributed by atoms with Crippen LogP contribution in [0.2, 0.25) is 0 Å². The monoisotopic (exact) mass is 564 g/mol. The third-order valence-electron chi connectivity index (χ3n) is 5.78. The summed E-state index contributed by atoms with van der Waals surface area (Å²) >= 11 is 2.75. The SMILES string of the molecule is CCc1c(C)sc(NC(=O)CCCCC(=O)Nc2sc(C)c(CC)c2C(=O)OC(C)C)c1C(=O)OC(C)C. The van der Waals surface area contributed by atoms with Gasteiger partial charge in [0.15, 0.2) is 0 Å². The van der Waals surface area contributed by atoms with Gasteiger partial charge in [-0.05, 0) is 78.4 Å². The van der Waals surface area contributed by atoms with E-state index in [0.29, 0.717) is 46.8 Å². The Morgan fingerprint density at radius 1 is 0.684 bits per heavy atom. The van der Waals surface area contributed by atoms with Crippen molar-refractivity contribution in [1.29, 1.82) is 0 Å². The number of rotatable bonds is 13. The maximum Gasteiger partial charge on any atom is 0.341 e. The van der Waals surface area contributed by atoms with Crippen LogP contribution in [0, 0.1) is 13.8 Å². The molecule has 2 amide bonds. The highest BCUT2D eigenvalue weighted by molar-refractivity contribution is 7.17. The van der Waals surface area contributed by atoms with Gasteiger partial charge in [-0.3, -0.25) is 9.59 Å². The van der Waals surface area contributed by atoms with Crippen molar-refractivity contribution in [3.05, 3.63) is 32.0 Å². The molecule has 38 heavy (non-hydrogen) atoms. The molecule has 0 spiro atoms. The minimum absolute atomic E-state index is 0.215. The fraction of sp³-hybridized carbons (Fsp3) is 0.571. The number of carbonyl (C=O) groups excluding carboxylic acids is 4. The molecule has 8 nitrogen and oxygen atoms in total. The first kappa shape index (κ1) is 31.5. The van der Waals surface area contributed by atoms with Gasteiger partial charge < -0.3 is 20.1 Å². The largest absolute Gasteiger partial charge is 0.459 e. The van der Waals surface area contributed by atoms with Crippen LogP contribution in [0.4, 0.5) is 10.0 Å². The van der Waals surface area contributed by atoms with Gasteiger partial charge in [-0.1, -0.05) is 13.8 Å². The predicted molar refractivity (Wildman–Crippen MR) is 154 cm³/mol. The summed E-state index contributed by atoms with van der Waals surface area (Å²) in [5.41, 5.74) is 2.64. The van der Waals surface area contributed by atoms with Gasteiger partial charge in [-0.15, -0.1) is 22.7 Å². The number of amides is 2. The van der Waals surface area contributed by atoms with Gasteiger partial charge in [0, 0.05) is 22.6 Å². The summed E-state index contributed by atoms with van der Waals surface area (Å²) < 4.78 is 10.8. The molecule has 0 aromatic carbocycles. The van der Waals surface area contributed by atoms with Crippen LogP contribution in [0.3, 0.4) is 0 Å². The lowest BCUT2D eigenvalue weighted by Crippen LogP contribution is -2.18. The molecule has 0 unspecified atom stereocenters. The van der Waals surface area contributed by atoms with Crippen LogP contribution >= 0.6 is 22.7 Å². The molecule has 0 aliphatic heterocycles. The second-order valence-corrected chi connectivity index (χ2v) is 12.1. The molecule has 0 fully saturated rings. The number of hydrogen-bond acceptors (Lipinski definition) is 8. The average molecular weight is 565 g/mol. The first-order valence-electron chi connectivity index (χ1n) is 13.2. The van der Waals surface area contributed by atoms with E-state index in [1.54, 1.807) is 27.7 Å². The molecule has 0 saturated carbocycles. The van der Waals surface area contributed by atoms with Gasteiger partial charge in [0.1, 0.15) is 10.0 Å². The molecule has 210 valence electrons. The Morgan fingerprint density at radius 3 is 1.32 bits per heavy atom. The van der Waals surface area contributed by atoms with Crippen LogP contribution in [-0.4, -0.2) is 36.0 Å². The Bertz CT molecular complexity index is 1070. The number of carbonyl (C=O) groups is 4. The maximum atomic E-state index is 12.7. The second-order valence-electron chi connectivity index (χ2n) is 9.60. The molecule has 0 aliphatic carbocycles. The number of unbranched alkanes of at least 4 members (excludes halogenated alkanes) is 1. The quantitative estimate of drug-likeness (QED) is 0.204. The van der Waals surface area contributed by atoms with Crippen LogP contribution in [0.5, 0.6) is 0 Å². The number of hydrogen-bond donors (Lipinski definition) is 2. The topological polar surface area (TPSA) is 111 Å². The van der Waals surface area contributed by atoms with Crippen molar-refractivity contribution in [2.24, 2.45) is 0 Å². The molecular weight excluding hydrogens is 524 g/mol. The third kappa shape index (κ3) is 8.39. The Morgan fingerprint density at radius 2 is 1.03 bits per heavy atom. The van der Waals surface area contributed by atoms with Gasteiger partial charge in [0.05, 0.1) is 23.3 Å². The van der Waals surface area contributed by atoms with E-state index in [1.165, 1.54) is 22.7 Å². The van der Waals surface area contributed by atoms with Crippen molar-refractivity contribution in [2.75, 3.05) is 10.6 Å². The molecular formula is C28H40N2O6S2. The molecule has 0 bridgehead atoms. The van der Waals surface area contributed by atoms with Crippen molar-refractivity contribution < 1.29 is 28.7 Å². The summed E-state index contributed by atoms with van der Waals surface area (Å²) in [6, 6.07) is 0. The zero-order valence-corrected chi connectivity index (χ0v) is 25.3. The van der Waals surface area contributed by atoms with Gasteiger partial charge in [0.2, 0.25) is 11.8 Å². The van der Waals surface area contributed by atoms with Crippen molar-refractivity contribution in [3.63, 3.8) is 0 Å². The molecule has 2 aromatic heterocycles. The normalized spacial score (nSPS) is 11.1. The number of aryl methyl sites for hydroxylation is 2. The number of esters is 2. The zero-order valence-electron chi connectivity index (χ0n) is 23.7.